The van der Waals surface area contributed by atoms with Crippen molar-refractivity contribution in [3.63, 3.8) is 0 Å². The lowest BCUT2D eigenvalue weighted by molar-refractivity contribution is 0.0971. The maximum absolute atomic E-state index is 13.9. The van der Waals surface area contributed by atoms with Crippen molar-refractivity contribution in [3.8, 4) is 17.2 Å². The molecule has 0 N–H and O–H groups in total. The first-order valence-corrected chi connectivity index (χ1v) is 13.9. The van der Waals surface area contributed by atoms with Gasteiger partial charge < -0.3 is 18.6 Å². The van der Waals surface area contributed by atoms with E-state index in [9.17, 15) is 9.59 Å². The number of nitrogens with zero attached hydrogens (tertiary/aromatic N) is 1. The quantitative estimate of drug-likeness (QED) is 0.180. The molecule has 0 spiro atoms. The van der Waals surface area contributed by atoms with Gasteiger partial charge in [0.1, 0.15) is 11.3 Å². The lowest BCUT2D eigenvalue weighted by Crippen LogP contribution is -2.29. The summed E-state index contributed by atoms with van der Waals surface area (Å²) in [6.45, 7) is 5.07. The van der Waals surface area contributed by atoms with Crippen LogP contribution in [0.25, 0.3) is 11.0 Å². The van der Waals surface area contributed by atoms with Gasteiger partial charge in [-0.2, -0.15) is 0 Å². The second-order valence-electron chi connectivity index (χ2n) is 9.29. The van der Waals surface area contributed by atoms with Gasteiger partial charge in [0, 0.05) is 16.2 Å². The van der Waals surface area contributed by atoms with E-state index in [0.717, 1.165) is 23.7 Å². The Balaban J connectivity index is 1.69. The number of hydrogen-bond donors (Lipinski definition) is 0. The fraction of sp³-hybridized carbons (Fsp3) is 0.290. The number of unbranched alkanes of at least 4 members (excludes halogenated alkanes) is 2. The summed E-state index contributed by atoms with van der Waals surface area (Å²) in [5.41, 5.74) is 1.67. The smallest absolute Gasteiger partial charge is 0.295 e. The van der Waals surface area contributed by atoms with Gasteiger partial charge in [-0.25, -0.2) is 0 Å². The summed E-state index contributed by atoms with van der Waals surface area (Å²) in [7, 11) is 1.57. The number of carbonyl (C=O) groups is 1. The van der Waals surface area contributed by atoms with Crippen LogP contribution in [0.4, 0.5) is 5.69 Å². The van der Waals surface area contributed by atoms with Crippen molar-refractivity contribution in [2.24, 2.45) is 0 Å². The van der Waals surface area contributed by atoms with Crippen molar-refractivity contribution in [2.45, 2.75) is 39.2 Å². The molecule has 0 saturated heterocycles. The molecule has 1 amide bonds. The number of amides is 1. The number of benzene rings is 3. The van der Waals surface area contributed by atoms with Crippen LogP contribution in [-0.4, -0.2) is 26.2 Å². The lowest BCUT2D eigenvalue weighted by atomic mass is 9.97. The molecule has 2 heterocycles. The summed E-state index contributed by atoms with van der Waals surface area (Å²) in [4.78, 5) is 29.4. The van der Waals surface area contributed by atoms with E-state index in [1.54, 1.807) is 42.3 Å². The number of fused-ring (bicyclic) bond motifs is 2. The summed E-state index contributed by atoms with van der Waals surface area (Å²) >= 11 is 3.45. The molecule has 1 unspecified atom stereocenters. The number of rotatable bonds is 10. The zero-order chi connectivity index (χ0) is 27.5. The third-order valence-corrected chi connectivity index (χ3v) is 7.25. The third-order valence-electron chi connectivity index (χ3n) is 6.75. The van der Waals surface area contributed by atoms with Crippen molar-refractivity contribution in [3.05, 3.63) is 92.2 Å². The van der Waals surface area contributed by atoms with Gasteiger partial charge >= 0.3 is 0 Å². The normalized spacial score (nSPS) is 14.5. The number of halogens is 1. The molecule has 39 heavy (non-hydrogen) atoms. The fourth-order valence-corrected chi connectivity index (χ4v) is 5.26. The van der Waals surface area contributed by atoms with Crippen LogP contribution in [0, 0.1) is 0 Å². The molecule has 1 aliphatic heterocycles. The number of ether oxygens (including phenoxy) is 3. The van der Waals surface area contributed by atoms with E-state index in [1.165, 1.54) is 0 Å². The Morgan fingerprint density at radius 3 is 2.56 bits per heavy atom. The minimum absolute atomic E-state index is 0.0282. The predicted octanol–water partition coefficient (Wildman–Crippen LogP) is 7.28. The number of anilines is 1. The Hall–Kier alpha value is -3.78. The molecular weight excluding hydrogens is 562 g/mol. The highest BCUT2D eigenvalue weighted by Gasteiger charge is 2.44. The molecule has 0 fully saturated rings. The van der Waals surface area contributed by atoms with Crippen molar-refractivity contribution in [1.82, 2.24) is 0 Å². The van der Waals surface area contributed by atoms with Crippen molar-refractivity contribution in [1.29, 1.82) is 0 Å². The molecule has 8 heteroatoms. The van der Waals surface area contributed by atoms with Gasteiger partial charge in [0.25, 0.3) is 5.91 Å². The Morgan fingerprint density at radius 2 is 1.79 bits per heavy atom. The van der Waals surface area contributed by atoms with Gasteiger partial charge in [0.2, 0.25) is 5.76 Å². The predicted molar refractivity (Wildman–Crippen MR) is 154 cm³/mol. The summed E-state index contributed by atoms with van der Waals surface area (Å²) in [5.74, 6) is 1.41. The fourth-order valence-electron chi connectivity index (χ4n) is 4.90. The number of methoxy groups -OCH3 is 1. The average molecular weight is 592 g/mol. The van der Waals surface area contributed by atoms with Gasteiger partial charge in [0.05, 0.1) is 37.3 Å². The Kier molecular flexibility index (Phi) is 7.93. The first-order chi connectivity index (χ1) is 19.0. The molecular formula is C31H30BrNO6. The van der Waals surface area contributed by atoms with Crippen LogP contribution in [0.5, 0.6) is 17.2 Å². The highest BCUT2D eigenvalue weighted by Crippen LogP contribution is 2.44. The maximum atomic E-state index is 13.9. The zero-order valence-corrected chi connectivity index (χ0v) is 23.7. The van der Waals surface area contributed by atoms with Crippen LogP contribution in [0.3, 0.4) is 0 Å². The molecule has 0 radical (unpaired) electrons. The molecule has 3 aromatic carbocycles. The van der Waals surface area contributed by atoms with E-state index in [4.69, 9.17) is 18.6 Å². The minimum atomic E-state index is -0.743. The third kappa shape index (κ3) is 5.13. The molecule has 5 rings (SSSR count). The van der Waals surface area contributed by atoms with Gasteiger partial charge in [-0.1, -0.05) is 47.8 Å². The number of carbonyl (C=O) groups excluding carboxylic acids is 1. The van der Waals surface area contributed by atoms with E-state index < -0.39 is 11.9 Å². The standard InChI is InChI=1S/C31H30BrNO6/c1-4-6-7-15-38-25-13-11-19(16-26(25)37-5-2)28-27-29(34)23-17-20(32)12-14-24(23)39-30(27)31(35)33(28)21-9-8-10-22(18-21)36-3/h8-14,16-18,28H,4-7,15H2,1-3H3. The Labute approximate surface area is 235 Å². The van der Waals surface area contributed by atoms with Gasteiger partial charge in [-0.3, -0.25) is 14.5 Å². The van der Waals surface area contributed by atoms with Crippen molar-refractivity contribution >= 4 is 38.5 Å². The maximum Gasteiger partial charge on any atom is 0.295 e. The first kappa shape index (κ1) is 26.8. The molecule has 0 aliphatic carbocycles. The van der Waals surface area contributed by atoms with Crippen molar-refractivity contribution in [2.75, 3.05) is 25.2 Å². The van der Waals surface area contributed by atoms with E-state index in [-0.39, 0.29) is 16.8 Å². The molecule has 1 aromatic heterocycles. The molecule has 4 aromatic rings. The lowest BCUT2D eigenvalue weighted by Gasteiger charge is -2.26. The zero-order valence-electron chi connectivity index (χ0n) is 22.2. The molecule has 1 aliphatic rings. The summed E-state index contributed by atoms with van der Waals surface area (Å²) in [6, 6.07) is 17.2. The van der Waals surface area contributed by atoms with Crippen LogP contribution in [0.1, 0.15) is 60.8 Å². The Morgan fingerprint density at radius 1 is 0.949 bits per heavy atom. The first-order valence-electron chi connectivity index (χ1n) is 13.1. The van der Waals surface area contributed by atoms with E-state index in [1.807, 2.05) is 37.3 Å². The highest BCUT2D eigenvalue weighted by atomic mass is 79.9. The minimum Gasteiger partial charge on any atom is -0.497 e. The number of hydrogen-bond acceptors (Lipinski definition) is 6. The molecule has 7 nitrogen and oxygen atoms in total. The molecule has 1 atom stereocenters. The van der Waals surface area contributed by atoms with Crippen LogP contribution >= 0.6 is 15.9 Å². The SMILES string of the molecule is CCCCCOc1ccc(C2c3c(oc4ccc(Br)cc4c3=O)C(=O)N2c2cccc(OC)c2)cc1OCC. The largest absolute Gasteiger partial charge is 0.497 e. The second-order valence-corrected chi connectivity index (χ2v) is 10.2. The summed E-state index contributed by atoms with van der Waals surface area (Å²) < 4.78 is 24.2. The van der Waals surface area contributed by atoms with Crippen LogP contribution in [0.15, 0.2) is 74.3 Å². The molecule has 0 saturated carbocycles. The van der Waals surface area contributed by atoms with E-state index >= 15 is 0 Å². The van der Waals surface area contributed by atoms with Gasteiger partial charge in [0.15, 0.2) is 16.9 Å². The van der Waals surface area contributed by atoms with Crippen molar-refractivity contribution < 1.29 is 23.4 Å². The summed E-state index contributed by atoms with van der Waals surface area (Å²) in [6.07, 6.45) is 3.13. The Bertz CT molecular complexity index is 1580. The molecule has 202 valence electrons. The van der Waals surface area contributed by atoms with E-state index in [2.05, 4.69) is 22.9 Å². The van der Waals surface area contributed by atoms with Gasteiger partial charge in [-0.15, -0.1) is 0 Å². The monoisotopic (exact) mass is 591 g/mol. The average Bonchev–Trinajstić information content (AvgIpc) is 3.24. The topological polar surface area (TPSA) is 78.2 Å². The second kappa shape index (κ2) is 11.5. The highest BCUT2D eigenvalue weighted by molar-refractivity contribution is 9.10. The van der Waals surface area contributed by atoms with Crippen LogP contribution in [0.2, 0.25) is 0 Å². The van der Waals surface area contributed by atoms with Gasteiger partial charge in [-0.05, 0) is 61.4 Å². The van der Waals surface area contributed by atoms with Crippen LogP contribution < -0.4 is 24.5 Å². The molecule has 0 bridgehead atoms. The summed E-state index contributed by atoms with van der Waals surface area (Å²) in [5, 5.41) is 0.398. The van der Waals surface area contributed by atoms with E-state index in [0.29, 0.717) is 52.7 Å². The van der Waals surface area contributed by atoms with Crippen LogP contribution in [-0.2, 0) is 0 Å².